The van der Waals surface area contributed by atoms with Crippen LogP contribution in [0.4, 0.5) is 0 Å². The molecule has 2 aliphatic heterocycles. The van der Waals surface area contributed by atoms with Gasteiger partial charge in [0.2, 0.25) is 5.91 Å². The largest absolute Gasteiger partial charge is 0.342 e. The summed E-state index contributed by atoms with van der Waals surface area (Å²) in [5.74, 6) is 1.35. The van der Waals surface area contributed by atoms with Crippen LogP contribution in [0, 0.1) is 11.8 Å². The van der Waals surface area contributed by atoms with Gasteiger partial charge in [-0.2, -0.15) is 0 Å². The molecule has 2 heterocycles. The van der Waals surface area contributed by atoms with Crippen LogP contribution in [0.15, 0.2) is 29.2 Å². The van der Waals surface area contributed by atoms with E-state index in [1.54, 1.807) is 11.8 Å². The van der Waals surface area contributed by atoms with Crippen LogP contribution < -0.4 is 0 Å². The number of piperidine rings is 2. The molecule has 0 aliphatic carbocycles. The molecule has 2 aliphatic rings. The molecule has 132 valence electrons. The van der Waals surface area contributed by atoms with Gasteiger partial charge >= 0.3 is 0 Å². The predicted molar refractivity (Wildman–Crippen MR) is 101 cm³/mol. The standard InChI is InChI=1S/C20H30N2OS/c1-16-4-3-11-22(14-16)20(23)18-9-12-21(13-10-18)15-17-5-7-19(24-2)8-6-17/h5-8,16,18H,3-4,9-15H2,1-2H3/t16-/m1/s1. The second-order valence-corrected chi connectivity index (χ2v) is 8.31. The normalized spacial score (nSPS) is 23.4. The smallest absolute Gasteiger partial charge is 0.225 e. The van der Waals surface area contributed by atoms with Crippen molar-refractivity contribution in [2.75, 3.05) is 32.4 Å². The van der Waals surface area contributed by atoms with Crippen LogP contribution in [0.1, 0.15) is 38.2 Å². The van der Waals surface area contributed by atoms with Crippen molar-refractivity contribution < 1.29 is 4.79 Å². The molecule has 0 radical (unpaired) electrons. The molecule has 24 heavy (non-hydrogen) atoms. The van der Waals surface area contributed by atoms with E-state index in [1.807, 2.05) is 0 Å². The first-order valence-electron chi connectivity index (χ1n) is 9.30. The van der Waals surface area contributed by atoms with Gasteiger partial charge in [0.1, 0.15) is 0 Å². The predicted octanol–water partition coefficient (Wildman–Crippen LogP) is 3.88. The minimum atomic E-state index is 0.255. The second-order valence-electron chi connectivity index (χ2n) is 7.43. The van der Waals surface area contributed by atoms with Gasteiger partial charge in [-0.1, -0.05) is 19.1 Å². The highest BCUT2D eigenvalue weighted by Crippen LogP contribution is 2.24. The molecule has 1 atom stereocenters. The summed E-state index contributed by atoms with van der Waals surface area (Å²) >= 11 is 1.78. The number of nitrogens with zero attached hydrogens (tertiary/aromatic N) is 2. The van der Waals surface area contributed by atoms with Crippen LogP contribution in [0.3, 0.4) is 0 Å². The first-order valence-corrected chi connectivity index (χ1v) is 10.5. The fourth-order valence-electron chi connectivity index (χ4n) is 3.97. The Balaban J connectivity index is 1.47. The average Bonchev–Trinajstić information content (AvgIpc) is 2.62. The second kappa shape index (κ2) is 8.39. The number of hydrogen-bond acceptors (Lipinski definition) is 3. The molecule has 1 aromatic rings. The van der Waals surface area contributed by atoms with E-state index in [4.69, 9.17) is 0 Å². The maximum absolute atomic E-state index is 12.7. The lowest BCUT2D eigenvalue weighted by Crippen LogP contribution is -2.45. The Bertz CT molecular complexity index is 537. The van der Waals surface area contributed by atoms with Crippen molar-refractivity contribution in [3.8, 4) is 0 Å². The Morgan fingerprint density at radius 3 is 2.46 bits per heavy atom. The summed E-state index contributed by atoms with van der Waals surface area (Å²) in [7, 11) is 0. The van der Waals surface area contributed by atoms with E-state index >= 15 is 0 Å². The first kappa shape index (κ1) is 17.8. The molecule has 0 saturated carbocycles. The zero-order valence-electron chi connectivity index (χ0n) is 15.0. The Hall–Kier alpha value is -1.00. The minimum Gasteiger partial charge on any atom is -0.342 e. The molecule has 0 unspecified atom stereocenters. The summed E-state index contributed by atoms with van der Waals surface area (Å²) in [6.07, 6.45) is 6.61. The number of rotatable bonds is 4. The molecule has 0 N–H and O–H groups in total. The van der Waals surface area contributed by atoms with Gasteiger partial charge in [-0.3, -0.25) is 9.69 Å². The Kier molecular flexibility index (Phi) is 6.23. The van der Waals surface area contributed by atoms with Gasteiger partial charge in [0.25, 0.3) is 0 Å². The van der Waals surface area contributed by atoms with Crippen molar-refractivity contribution >= 4 is 17.7 Å². The minimum absolute atomic E-state index is 0.255. The van der Waals surface area contributed by atoms with Gasteiger partial charge in [-0.15, -0.1) is 11.8 Å². The summed E-state index contributed by atoms with van der Waals surface area (Å²) in [6, 6.07) is 8.87. The lowest BCUT2D eigenvalue weighted by atomic mass is 9.92. The van der Waals surface area contributed by atoms with Crippen LogP contribution in [-0.4, -0.2) is 48.1 Å². The fourth-order valence-corrected chi connectivity index (χ4v) is 4.38. The average molecular weight is 347 g/mol. The van der Waals surface area contributed by atoms with Gasteiger partial charge in [0.15, 0.2) is 0 Å². The molecule has 0 bridgehead atoms. The third kappa shape index (κ3) is 4.54. The van der Waals surface area contributed by atoms with Gasteiger partial charge in [0, 0.05) is 30.4 Å². The van der Waals surface area contributed by atoms with E-state index in [2.05, 4.69) is 47.2 Å². The van der Waals surface area contributed by atoms with Crippen LogP contribution in [0.2, 0.25) is 0 Å². The molecule has 0 spiro atoms. The quantitative estimate of drug-likeness (QED) is 0.773. The van der Waals surface area contributed by atoms with E-state index in [-0.39, 0.29) is 5.92 Å². The number of amides is 1. The lowest BCUT2D eigenvalue weighted by Gasteiger charge is -2.37. The zero-order valence-corrected chi connectivity index (χ0v) is 15.9. The molecule has 1 aromatic carbocycles. The number of likely N-dealkylation sites (tertiary alicyclic amines) is 2. The van der Waals surface area contributed by atoms with Crippen molar-refractivity contribution in [3.05, 3.63) is 29.8 Å². The maximum Gasteiger partial charge on any atom is 0.225 e. The Labute approximate surface area is 150 Å². The van der Waals surface area contributed by atoms with E-state index in [9.17, 15) is 4.79 Å². The van der Waals surface area contributed by atoms with Gasteiger partial charge in [-0.05, 0) is 68.6 Å². The topological polar surface area (TPSA) is 23.6 Å². The van der Waals surface area contributed by atoms with Crippen LogP contribution >= 0.6 is 11.8 Å². The molecule has 2 fully saturated rings. The number of benzene rings is 1. The maximum atomic E-state index is 12.7. The highest BCUT2D eigenvalue weighted by Gasteiger charge is 2.30. The third-order valence-corrected chi connectivity index (χ3v) is 6.21. The monoisotopic (exact) mass is 346 g/mol. The van der Waals surface area contributed by atoms with E-state index < -0.39 is 0 Å². The summed E-state index contributed by atoms with van der Waals surface area (Å²) < 4.78 is 0. The SMILES string of the molecule is CSc1ccc(CN2CCC(C(=O)N3CCC[C@@H](C)C3)CC2)cc1. The molecule has 0 aromatic heterocycles. The summed E-state index contributed by atoms with van der Waals surface area (Å²) in [6.45, 7) is 7.32. The van der Waals surface area contributed by atoms with Crippen molar-refractivity contribution in [1.29, 1.82) is 0 Å². The molecule has 3 nitrogen and oxygen atoms in total. The molecular formula is C20H30N2OS. The Morgan fingerprint density at radius 1 is 1.12 bits per heavy atom. The van der Waals surface area contributed by atoms with Crippen molar-refractivity contribution in [1.82, 2.24) is 9.80 Å². The molecular weight excluding hydrogens is 316 g/mol. The van der Waals surface area contributed by atoms with Crippen LogP contribution in [-0.2, 0) is 11.3 Å². The van der Waals surface area contributed by atoms with Gasteiger partial charge in [-0.25, -0.2) is 0 Å². The van der Waals surface area contributed by atoms with Crippen molar-refractivity contribution in [3.63, 3.8) is 0 Å². The number of hydrogen-bond donors (Lipinski definition) is 0. The van der Waals surface area contributed by atoms with Crippen molar-refractivity contribution in [2.45, 2.75) is 44.0 Å². The first-order chi connectivity index (χ1) is 11.7. The van der Waals surface area contributed by atoms with Crippen molar-refractivity contribution in [2.24, 2.45) is 11.8 Å². The van der Waals surface area contributed by atoms with E-state index in [0.717, 1.165) is 45.6 Å². The van der Waals surface area contributed by atoms with Crippen LogP contribution in [0.5, 0.6) is 0 Å². The Morgan fingerprint density at radius 2 is 1.83 bits per heavy atom. The summed E-state index contributed by atoms with van der Waals surface area (Å²) in [4.78, 5) is 18.7. The molecule has 3 rings (SSSR count). The third-order valence-electron chi connectivity index (χ3n) is 5.47. The fraction of sp³-hybridized carbons (Fsp3) is 0.650. The molecule has 1 amide bonds. The van der Waals surface area contributed by atoms with E-state index in [0.29, 0.717) is 11.8 Å². The number of carbonyl (C=O) groups is 1. The van der Waals surface area contributed by atoms with Gasteiger partial charge < -0.3 is 4.90 Å². The number of thioether (sulfide) groups is 1. The van der Waals surface area contributed by atoms with Gasteiger partial charge in [0.05, 0.1) is 0 Å². The molecule has 2 saturated heterocycles. The summed E-state index contributed by atoms with van der Waals surface area (Å²) in [5, 5.41) is 0. The summed E-state index contributed by atoms with van der Waals surface area (Å²) in [5.41, 5.74) is 1.38. The lowest BCUT2D eigenvalue weighted by molar-refractivity contribution is -0.138. The zero-order chi connectivity index (χ0) is 16.9. The highest BCUT2D eigenvalue weighted by atomic mass is 32.2. The number of carbonyl (C=O) groups excluding carboxylic acids is 1. The molecule has 4 heteroatoms. The highest BCUT2D eigenvalue weighted by molar-refractivity contribution is 7.98. The van der Waals surface area contributed by atoms with Crippen LogP contribution in [0.25, 0.3) is 0 Å². The van der Waals surface area contributed by atoms with E-state index in [1.165, 1.54) is 23.3 Å².